The lowest BCUT2D eigenvalue weighted by Crippen LogP contribution is -2.44. The lowest BCUT2D eigenvalue weighted by Gasteiger charge is -2.36. The van der Waals surface area contributed by atoms with Crippen LogP contribution in [0.15, 0.2) is 16.3 Å². The summed E-state index contributed by atoms with van der Waals surface area (Å²) in [6, 6.07) is 3.57. The summed E-state index contributed by atoms with van der Waals surface area (Å²) in [5.41, 5.74) is 0. The Balaban J connectivity index is 1.74. The van der Waals surface area contributed by atoms with E-state index in [0.717, 1.165) is 30.1 Å². The van der Waals surface area contributed by atoms with E-state index < -0.39 is 10.0 Å². The lowest BCUT2D eigenvalue weighted by molar-refractivity contribution is 0.0162. The van der Waals surface area contributed by atoms with Crippen LogP contribution in [0.1, 0.15) is 17.7 Å². The number of thiophene rings is 1. The molecule has 1 spiro atoms. The van der Waals surface area contributed by atoms with Crippen LogP contribution >= 0.6 is 23.1 Å². The zero-order valence-corrected chi connectivity index (χ0v) is 13.2. The molecule has 2 aliphatic rings. The molecule has 0 unspecified atom stereocenters. The van der Waals surface area contributed by atoms with Gasteiger partial charge in [-0.25, -0.2) is 8.42 Å². The second-order valence-corrected chi connectivity index (χ2v) is 9.77. The Labute approximate surface area is 122 Å². The molecule has 4 nitrogen and oxygen atoms in total. The van der Waals surface area contributed by atoms with Crippen LogP contribution in [-0.2, 0) is 14.8 Å². The first kappa shape index (κ1) is 13.9. The van der Waals surface area contributed by atoms with Crippen molar-refractivity contribution >= 4 is 33.1 Å². The van der Waals surface area contributed by atoms with Gasteiger partial charge < -0.3 is 4.74 Å². The second-order valence-electron chi connectivity index (χ2n) is 4.88. The van der Waals surface area contributed by atoms with E-state index in [1.54, 1.807) is 10.4 Å². The van der Waals surface area contributed by atoms with Crippen molar-refractivity contribution in [2.75, 3.05) is 25.4 Å². The summed E-state index contributed by atoms with van der Waals surface area (Å²) < 4.78 is 32.8. The highest BCUT2D eigenvalue weighted by Gasteiger charge is 2.42. The molecule has 3 heterocycles. The topological polar surface area (TPSA) is 46.6 Å². The van der Waals surface area contributed by atoms with E-state index in [1.165, 1.54) is 11.3 Å². The van der Waals surface area contributed by atoms with Crippen molar-refractivity contribution < 1.29 is 13.2 Å². The Morgan fingerprint density at radius 1 is 1.32 bits per heavy atom. The standard InChI is InChI=1S/C12H17NO3S3/c1-10-2-3-11(18-10)19(14,15)13-6-4-12(5-7-13)16-8-9-17-12/h2-3H,4-9H2,1H3. The minimum absolute atomic E-state index is 0.114. The van der Waals surface area contributed by atoms with Gasteiger partial charge in [-0.2, -0.15) is 4.31 Å². The maximum atomic E-state index is 12.5. The fraction of sp³-hybridized carbons (Fsp3) is 0.667. The minimum Gasteiger partial charge on any atom is -0.363 e. The molecule has 0 aromatic carbocycles. The molecule has 2 aliphatic heterocycles. The smallest absolute Gasteiger partial charge is 0.252 e. The van der Waals surface area contributed by atoms with E-state index in [1.807, 2.05) is 24.8 Å². The Morgan fingerprint density at radius 3 is 2.58 bits per heavy atom. The Hall–Kier alpha value is -0.0800. The second kappa shape index (κ2) is 5.04. The first-order chi connectivity index (χ1) is 9.02. The third-order valence-corrected chi connectivity index (χ3v) is 8.40. The largest absolute Gasteiger partial charge is 0.363 e. The molecule has 0 aliphatic carbocycles. The highest BCUT2D eigenvalue weighted by Crippen LogP contribution is 2.42. The molecule has 0 radical (unpaired) electrons. The zero-order valence-electron chi connectivity index (χ0n) is 10.8. The monoisotopic (exact) mass is 319 g/mol. The molecule has 2 fully saturated rings. The van der Waals surface area contributed by atoms with Crippen molar-refractivity contribution in [2.24, 2.45) is 0 Å². The number of thioether (sulfide) groups is 1. The van der Waals surface area contributed by atoms with Gasteiger partial charge in [-0.3, -0.25) is 0 Å². The summed E-state index contributed by atoms with van der Waals surface area (Å²) in [6.07, 6.45) is 1.59. The van der Waals surface area contributed by atoms with Crippen LogP contribution < -0.4 is 0 Å². The van der Waals surface area contributed by atoms with Gasteiger partial charge in [0.15, 0.2) is 0 Å². The van der Waals surface area contributed by atoms with Gasteiger partial charge >= 0.3 is 0 Å². The Morgan fingerprint density at radius 2 is 2.05 bits per heavy atom. The fourth-order valence-electron chi connectivity index (χ4n) is 2.53. The van der Waals surface area contributed by atoms with Gasteiger partial charge in [0, 0.05) is 23.7 Å². The first-order valence-corrected chi connectivity index (χ1v) is 9.61. The van der Waals surface area contributed by atoms with E-state index in [9.17, 15) is 8.42 Å². The van der Waals surface area contributed by atoms with Gasteiger partial charge in [0.05, 0.1) is 6.61 Å². The SMILES string of the molecule is Cc1ccc(S(=O)(=O)N2CCC3(CC2)OCCS3)s1. The maximum Gasteiger partial charge on any atom is 0.252 e. The van der Waals surface area contributed by atoms with Crippen LogP contribution in [0.4, 0.5) is 0 Å². The third-order valence-electron chi connectivity index (χ3n) is 3.61. The summed E-state index contributed by atoms with van der Waals surface area (Å²) in [4.78, 5) is 0.916. The highest BCUT2D eigenvalue weighted by molar-refractivity contribution is 8.00. The average Bonchev–Trinajstić information content (AvgIpc) is 3.00. The van der Waals surface area contributed by atoms with Crippen molar-refractivity contribution in [1.82, 2.24) is 4.31 Å². The number of rotatable bonds is 2. The van der Waals surface area contributed by atoms with Gasteiger partial charge in [0.2, 0.25) is 0 Å². The van der Waals surface area contributed by atoms with Gasteiger partial charge in [-0.15, -0.1) is 23.1 Å². The van der Waals surface area contributed by atoms with Crippen LogP contribution in [0.3, 0.4) is 0 Å². The molecule has 0 amide bonds. The van der Waals surface area contributed by atoms with Crippen molar-refractivity contribution in [1.29, 1.82) is 0 Å². The molecule has 3 rings (SSSR count). The number of sulfonamides is 1. The number of hydrogen-bond donors (Lipinski definition) is 0. The minimum atomic E-state index is -3.30. The van der Waals surface area contributed by atoms with Gasteiger partial charge in [-0.1, -0.05) is 0 Å². The van der Waals surface area contributed by atoms with Crippen molar-refractivity contribution in [3.63, 3.8) is 0 Å². The predicted octanol–water partition coefficient (Wildman–Crippen LogP) is 2.30. The number of aryl methyl sites for hydroxylation is 1. The maximum absolute atomic E-state index is 12.5. The molecule has 0 N–H and O–H groups in total. The predicted molar refractivity (Wildman–Crippen MR) is 78.2 cm³/mol. The van der Waals surface area contributed by atoms with Crippen LogP contribution in [0.2, 0.25) is 0 Å². The number of piperidine rings is 1. The summed E-state index contributed by atoms with van der Waals surface area (Å²) in [5.74, 6) is 1.02. The van der Waals surface area contributed by atoms with E-state index in [2.05, 4.69) is 0 Å². The molecule has 0 saturated carbocycles. The Kier molecular flexibility index (Phi) is 3.68. The molecule has 106 valence electrons. The van der Waals surface area contributed by atoms with E-state index in [4.69, 9.17) is 4.74 Å². The van der Waals surface area contributed by atoms with Crippen LogP contribution in [0, 0.1) is 6.92 Å². The van der Waals surface area contributed by atoms with Crippen molar-refractivity contribution in [3.8, 4) is 0 Å². The molecule has 0 bridgehead atoms. The highest BCUT2D eigenvalue weighted by atomic mass is 32.2. The van der Waals surface area contributed by atoms with Gasteiger partial charge in [0.25, 0.3) is 10.0 Å². The molecule has 1 aromatic rings. The van der Waals surface area contributed by atoms with Crippen molar-refractivity contribution in [2.45, 2.75) is 28.9 Å². The lowest BCUT2D eigenvalue weighted by atomic mass is 10.1. The molecular weight excluding hydrogens is 302 g/mol. The van der Waals surface area contributed by atoms with Gasteiger partial charge in [-0.05, 0) is 31.9 Å². The third kappa shape index (κ3) is 2.58. The molecule has 19 heavy (non-hydrogen) atoms. The number of ether oxygens (including phenoxy) is 1. The molecular formula is C12H17NO3S3. The Bertz CT molecular complexity index is 551. The fourth-order valence-corrected chi connectivity index (χ4v) is 6.59. The van der Waals surface area contributed by atoms with Crippen molar-refractivity contribution in [3.05, 3.63) is 17.0 Å². The quantitative estimate of drug-likeness (QED) is 0.839. The van der Waals surface area contributed by atoms with E-state index in [-0.39, 0.29) is 4.93 Å². The van der Waals surface area contributed by atoms with Crippen LogP contribution in [0.5, 0.6) is 0 Å². The van der Waals surface area contributed by atoms with Crippen LogP contribution in [-0.4, -0.2) is 43.1 Å². The number of hydrogen-bond acceptors (Lipinski definition) is 5. The first-order valence-electron chi connectivity index (χ1n) is 6.36. The summed E-state index contributed by atoms with van der Waals surface area (Å²) in [6.45, 7) is 3.85. The number of nitrogens with zero attached hydrogens (tertiary/aromatic N) is 1. The summed E-state index contributed by atoms with van der Waals surface area (Å²) in [5, 5.41) is 0. The molecule has 0 atom stereocenters. The molecule has 7 heteroatoms. The summed E-state index contributed by atoms with van der Waals surface area (Å²) in [7, 11) is -3.30. The van der Waals surface area contributed by atoms with E-state index >= 15 is 0 Å². The average molecular weight is 319 g/mol. The normalized spacial score (nSPS) is 24.1. The summed E-state index contributed by atoms with van der Waals surface area (Å²) >= 11 is 3.18. The van der Waals surface area contributed by atoms with Crippen LogP contribution in [0.25, 0.3) is 0 Å². The molecule has 2 saturated heterocycles. The molecule has 1 aromatic heterocycles. The van der Waals surface area contributed by atoms with Gasteiger partial charge in [0.1, 0.15) is 9.14 Å². The van der Waals surface area contributed by atoms with E-state index in [0.29, 0.717) is 17.3 Å². The zero-order chi connectivity index (χ0) is 13.5.